The fourth-order valence-electron chi connectivity index (χ4n) is 2.34. The van der Waals surface area contributed by atoms with Crippen molar-refractivity contribution in [1.82, 2.24) is 4.90 Å². The van der Waals surface area contributed by atoms with Gasteiger partial charge in [0.05, 0.1) is 0 Å². The molecular weight excluding hydrogens is 378 g/mol. The van der Waals surface area contributed by atoms with E-state index in [1.54, 1.807) is 0 Å². The van der Waals surface area contributed by atoms with Crippen LogP contribution in [0.15, 0.2) is 28.7 Å². The van der Waals surface area contributed by atoms with Crippen LogP contribution in [0.4, 0.5) is 0 Å². The summed E-state index contributed by atoms with van der Waals surface area (Å²) in [5, 5.41) is 0. The van der Waals surface area contributed by atoms with E-state index in [0.717, 1.165) is 4.47 Å². The topological polar surface area (TPSA) is 3.24 Å². The molecule has 1 nitrogen and oxygen atoms in total. The van der Waals surface area contributed by atoms with Gasteiger partial charge >= 0.3 is 17.1 Å². The zero-order valence-electron chi connectivity index (χ0n) is 12.8. The number of hydrogen-bond acceptors (Lipinski definition) is 1. The first-order valence-electron chi connectivity index (χ1n) is 6.99. The van der Waals surface area contributed by atoms with Crippen LogP contribution in [0.1, 0.15) is 11.6 Å². The van der Waals surface area contributed by atoms with Crippen molar-refractivity contribution < 1.29 is 17.1 Å². The van der Waals surface area contributed by atoms with Crippen LogP contribution >= 0.6 is 15.9 Å². The molecule has 3 rings (SSSR count). The van der Waals surface area contributed by atoms with Gasteiger partial charge in [-0.25, -0.2) is 0 Å². The van der Waals surface area contributed by atoms with Crippen LogP contribution < -0.4 is 0 Å². The van der Waals surface area contributed by atoms with Crippen LogP contribution in [-0.4, -0.2) is 19.0 Å². The monoisotopic (exact) mass is 397 g/mol. The third-order valence-electron chi connectivity index (χ3n) is 3.28. The van der Waals surface area contributed by atoms with Gasteiger partial charge in [0, 0.05) is 16.4 Å². The number of rotatable bonds is 3. The summed E-state index contributed by atoms with van der Waals surface area (Å²) in [6.45, 7) is 0. The molecule has 2 saturated carbocycles. The Labute approximate surface area is 155 Å². The summed E-state index contributed by atoms with van der Waals surface area (Å²) >= 11 is 3.62. The van der Waals surface area contributed by atoms with Crippen LogP contribution in [0.5, 0.6) is 0 Å². The van der Waals surface area contributed by atoms with Gasteiger partial charge in [0.25, 0.3) is 0 Å². The fourth-order valence-corrected chi connectivity index (χ4v) is 2.85. The van der Waals surface area contributed by atoms with Crippen LogP contribution in [0.25, 0.3) is 0 Å². The molecule has 0 aliphatic heterocycles. The maximum Gasteiger partial charge on any atom is 2.00 e. The van der Waals surface area contributed by atoms with E-state index in [-0.39, 0.29) is 17.1 Å². The van der Waals surface area contributed by atoms with Gasteiger partial charge in [-0.05, 0) is 83.5 Å². The predicted octanol–water partition coefficient (Wildman–Crippen LogP) is 4.48. The molecule has 22 heavy (non-hydrogen) atoms. The molecule has 0 saturated heterocycles. The molecule has 1 atom stereocenters. The molecule has 0 heterocycles. The summed E-state index contributed by atoms with van der Waals surface area (Å²) in [5.74, 6) is 1.33. The van der Waals surface area contributed by atoms with Crippen molar-refractivity contribution in [3.8, 4) is 0 Å². The third-order valence-corrected chi connectivity index (χ3v) is 4.00. The second-order valence-electron chi connectivity index (χ2n) is 5.07. The van der Waals surface area contributed by atoms with E-state index < -0.39 is 0 Å². The summed E-state index contributed by atoms with van der Waals surface area (Å²) in [4.78, 5) is 2.23. The zero-order chi connectivity index (χ0) is 15.1. The summed E-state index contributed by atoms with van der Waals surface area (Å²) in [6.07, 6.45) is 18.5. The van der Waals surface area contributed by atoms with Gasteiger partial charge in [-0.1, -0.05) is 34.1 Å². The molecule has 0 aromatic heterocycles. The first-order valence-corrected chi connectivity index (χ1v) is 7.78. The Balaban J connectivity index is 0.000000344. The van der Waals surface area contributed by atoms with E-state index in [1.807, 2.05) is 38.2 Å². The van der Waals surface area contributed by atoms with Crippen molar-refractivity contribution >= 4 is 15.9 Å². The van der Waals surface area contributed by atoms with Gasteiger partial charge in [0.1, 0.15) is 0 Å². The third kappa shape index (κ3) is 6.00. The molecule has 2 fully saturated rings. The summed E-state index contributed by atoms with van der Waals surface area (Å²) < 4.78 is 1.16. The number of hydrogen-bond donors (Lipinski definition) is 0. The Bertz CT molecular complexity index is 404. The predicted molar refractivity (Wildman–Crippen MR) is 92.5 cm³/mol. The number of benzene rings is 1. The molecule has 2 aliphatic carbocycles. The standard InChI is InChI=1S/C14H15BrN.C5H5.Fe/c1-16(2)14(11-7-3-4-8-11)12-9-5-6-10-13(12)15;1-2-4-5-3-1;/h3-10,14H,1-2H3;1-5H;/q;;+2/t14-;;/m0../s1. The quantitative estimate of drug-likeness (QED) is 0.680. The average Bonchev–Trinajstić information content (AvgIpc) is 3.16. The second kappa shape index (κ2) is 10.9. The van der Waals surface area contributed by atoms with Crippen LogP contribution in [0.2, 0.25) is 0 Å². The van der Waals surface area contributed by atoms with E-state index >= 15 is 0 Å². The summed E-state index contributed by atoms with van der Waals surface area (Å²) in [6, 6.07) is 8.70. The van der Waals surface area contributed by atoms with E-state index in [1.165, 1.54) is 11.5 Å². The molecule has 0 spiro atoms. The molecule has 0 N–H and O–H groups in total. The van der Waals surface area contributed by atoms with Crippen LogP contribution in [0, 0.1) is 63.7 Å². The summed E-state index contributed by atoms with van der Waals surface area (Å²) in [5.41, 5.74) is 1.30. The molecule has 1 aromatic carbocycles. The van der Waals surface area contributed by atoms with Crippen molar-refractivity contribution in [2.24, 2.45) is 0 Å². The Hall–Kier alpha value is 0.179. The van der Waals surface area contributed by atoms with Crippen LogP contribution in [0.3, 0.4) is 0 Å². The minimum atomic E-state index is 0. The maximum atomic E-state index is 3.62. The SMILES string of the molecule is CN(C)[C@@H]([C]1[CH][CH][CH][CH]1)c1ccccc1Br.[CH]1[CH][CH][CH][CH]1.[Fe+2]. The van der Waals surface area contributed by atoms with Crippen LogP contribution in [-0.2, 0) is 17.1 Å². The van der Waals surface area contributed by atoms with Crippen molar-refractivity contribution in [1.29, 1.82) is 0 Å². The molecule has 2 aliphatic rings. The van der Waals surface area contributed by atoms with Gasteiger partial charge in [0.2, 0.25) is 0 Å². The van der Waals surface area contributed by atoms with Crippen molar-refractivity contribution in [3.05, 3.63) is 98.0 Å². The molecule has 10 radical (unpaired) electrons. The largest absolute Gasteiger partial charge is 2.00 e. The molecule has 0 amide bonds. The van der Waals surface area contributed by atoms with E-state index in [2.05, 4.69) is 78.8 Å². The van der Waals surface area contributed by atoms with Crippen molar-refractivity contribution in [2.45, 2.75) is 6.04 Å². The summed E-state index contributed by atoms with van der Waals surface area (Å²) in [7, 11) is 4.22. The normalized spacial score (nSPS) is 19.5. The first-order chi connectivity index (χ1) is 10.2. The van der Waals surface area contributed by atoms with Gasteiger partial charge in [0.15, 0.2) is 0 Å². The number of nitrogens with zero attached hydrogens (tertiary/aromatic N) is 1. The Morgan fingerprint density at radius 1 is 0.818 bits per heavy atom. The zero-order valence-corrected chi connectivity index (χ0v) is 15.5. The molecule has 0 bridgehead atoms. The minimum Gasteiger partial charge on any atom is -0.302 e. The van der Waals surface area contributed by atoms with E-state index in [0.29, 0.717) is 6.04 Å². The maximum absolute atomic E-state index is 3.62. The van der Waals surface area contributed by atoms with E-state index in [4.69, 9.17) is 0 Å². The average molecular weight is 398 g/mol. The second-order valence-corrected chi connectivity index (χ2v) is 5.92. The Morgan fingerprint density at radius 3 is 1.77 bits per heavy atom. The smallest absolute Gasteiger partial charge is 0.302 e. The van der Waals surface area contributed by atoms with Gasteiger partial charge < -0.3 is 4.90 Å². The van der Waals surface area contributed by atoms with Gasteiger partial charge in [-0.3, -0.25) is 0 Å². The molecule has 114 valence electrons. The van der Waals surface area contributed by atoms with Gasteiger partial charge in [-0.2, -0.15) is 0 Å². The molecule has 3 heteroatoms. The molecule has 1 aromatic rings. The van der Waals surface area contributed by atoms with E-state index in [9.17, 15) is 0 Å². The Kier molecular flexibility index (Phi) is 9.98. The van der Waals surface area contributed by atoms with Crippen molar-refractivity contribution in [3.63, 3.8) is 0 Å². The minimum absolute atomic E-state index is 0. The Morgan fingerprint density at radius 2 is 1.32 bits per heavy atom. The number of halogens is 1. The molecular formula is C19H20BrFeN+2. The first kappa shape index (κ1) is 20.2. The molecule has 0 unspecified atom stereocenters. The van der Waals surface area contributed by atoms with Crippen molar-refractivity contribution in [2.75, 3.05) is 14.1 Å². The van der Waals surface area contributed by atoms with Gasteiger partial charge in [-0.15, -0.1) is 0 Å². The fraction of sp³-hybridized carbons (Fsp3) is 0.158.